The minimum Gasteiger partial charge on any atom is -0.319 e. The van der Waals surface area contributed by atoms with Crippen molar-refractivity contribution in [3.63, 3.8) is 0 Å². The number of rotatable bonds is 6. The van der Waals surface area contributed by atoms with Gasteiger partial charge in [0, 0.05) is 12.6 Å². The molecule has 0 saturated carbocycles. The standard InChI is InChI=1S/C12H26N2/c1-4-5-6-11(2)14-8-7-12(10-14)9-13-3/h11-13H,4-10H2,1-3H3. The highest BCUT2D eigenvalue weighted by atomic mass is 15.2. The number of nitrogens with one attached hydrogen (secondary N) is 1. The molecule has 2 heteroatoms. The van der Waals surface area contributed by atoms with Gasteiger partial charge in [0.1, 0.15) is 0 Å². The summed E-state index contributed by atoms with van der Waals surface area (Å²) in [7, 11) is 2.06. The van der Waals surface area contributed by atoms with Crippen molar-refractivity contribution in [3.8, 4) is 0 Å². The normalized spacial score (nSPS) is 25.5. The maximum absolute atomic E-state index is 3.29. The zero-order valence-electron chi connectivity index (χ0n) is 10.1. The molecule has 2 atom stereocenters. The quantitative estimate of drug-likeness (QED) is 0.703. The Hall–Kier alpha value is -0.0800. The molecule has 2 nitrogen and oxygen atoms in total. The Morgan fingerprint density at radius 3 is 2.93 bits per heavy atom. The molecule has 0 aromatic heterocycles. The van der Waals surface area contributed by atoms with Crippen molar-refractivity contribution in [2.24, 2.45) is 5.92 Å². The number of unbranched alkanes of at least 4 members (excludes halogenated alkanes) is 1. The molecule has 0 radical (unpaired) electrons. The minimum absolute atomic E-state index is 0.803. The van der Waals surface area contributed by atoms with Crippen LogP contribution in [0.1, 0.15) is 39.5 Å². The molecule has 0 bridgehead atoms. The maximum Gasteiger partial charge on any atom is 0.00670 e. The third kappa shape index (κ3) is 3.58. The van der Waals surface area contributed by atoms with E-state index in [2.05, 4.69) is 31.1 Å². The summed E-state index contributed by atoms with van der Waals surface area (Å²) < 4.78 is 0. The second-order valence-electron chi connectivity index (χ2n) is 4.70. The SMILES string of the molecule is CCCCC(C)N1CCC(CNC)C1. The molecule has 1 heterocycles. The third-order valence-electron chi connectivity index (χ3n) is 3.41. The first-order valence-electron chi connectivity index (χ1n) is 6.16. The fourth-order valence-electron chi connectivity index (χ4n) is 2.40. The summed E-state index contributed by atoms with van der Waals surface area (Å²) in [5.41, 5.74) is 0. The van der Waals surface area contributed by atoms with Gasteiger partial charge in [0.05, 0.1) is 0 Å². The van der Waals surface area contributed by atoms with Gasteiger partial charge in [0.2, 0.25) is 0 Å². The highest BCUT2D eigenvalue weighted by Crippen LogP contribution is 2.20. The van der Waals surface area contributed by atoms with Crippen molar-refractivity contribution in [2.75, 3.05) is 26.7 Å². The maximum atomic E-state index is 3.29. The third-order valence-corrected chi connectivity index (χ3v) is 3.41. The Bertz CT molecular complexity index is 147. The lowest BCUT2D eigenvalue weighted by Crippen LogP contribution is -2.32. The molecular weight excluding hydrogens is 172 g/mol. The summed E-state index contributed by atoms with van der Waals surface area (Å²) in [6, 6.07) is 0.803. The van der Waals surface area contributed by atoms with E-state index in [1.54, 1.807) is 0 Å². The largest absolute Gasteiger partial charge is 0.319 e. The van der Waals surface area contributed by atoms with E-state index in [0.29, 0.717) is 0 Å². The van der Waals surface area contributed by atoms with E-state index in [0.717, 1.165) is 12.0 Å². The van der Waals surface area contributed by atoms with Gasteiger partial charge >= 0.3 is 0 Å². The summed E-state index contributed by atoms with van der Waals surface area (Å²) >= 11 is 0. The zero-order chi connectivity index (χ0) is 10.4. The van der Waals surface area contributed by atoms with Crippen LogP contribution in [0.3, 0.4) is 0 Å². The molecule has 0 aliphatic carbocycles. The van der Waals surface area contributed by atoms with Gasteiger partial charge in [-0.2, -0.15) is 0 Å². The summed E-state index contributed by atoms with van der Waals surface area (Å²) in [5, 5.41) is 3.29. The molecule has 1 fully saturated rings. The topological polar surface area (TPSA) is 15.3 Å². The number of hydrogen-bond acceptors (Lipinski definition) is 2. The summed E-state index contributed by atoms with van der Waals surface area (Å²) in [6.45, 7) is 8.48. The van der Waals surface area contributed by atoms with Crippen LogP contribution in [-0.4, -0.2) is 37.6 Å². The Morgan fingerprint density at radius 1 is 1.50 bits per heavy atom. The summed E-state index contributed by atoms with van der Waals surface area (Å²) in [6.07, 6.45) is 5.48. The van der Waals surface area contributed by atoms with Crippen LogP contribution in [0.2, 0.25) is 0 Å². The molecule has 84 valence electrons. The van der Waals surface area contributed by atoms with Crippen LogP contribution in [0.15, 0.2) is 0 Å². The van der Waals surface area contributed by atoms with Crippen molar-refractivity contribution in [2.45, 2.75) is 45.6 Å². The van der Waals surface area contributed by atoms with E-state index in [-0.39, 0.29) is 0 Å². The smallest absolute Gasteiger partial charge is 0.00670 e. The van der Waals surface area contributed by atoms with Crippen LogP contribution >= 0.6 is 0 Å². The second-order valence-corrected chi connectivity index (χ2v) is 4.70. The van der Waals surface area contributed by atoms with Crippen molar-refractivity contribution >= 4 is 0 Å². The van der Waals surface area contributed by atoms with Crippen LogP contribution in [-0.2, 0) is 0 Å². The Morgan fingerprint density at radius 2 is 2.29 bits per heavy atom. The van der Waals surface area contributed by atoms with Crippen LogP contribution in [0.25, 0.3) is 0 Å². The van der Waals surface area contributed by atoms with Crippen molar-refractivity contribution in [1.29, 1.82) is 0 Å². The predicted octanol–water partition coefficient (Wildman–Crippen LogP) is 2.11. The zero-order valence-corrected chi connectivity index (χ0v) is 10.1. The summed E-state index contributed by atoms with van der Waals surface area (Å²) in [5.74, 6) is 0.893. The summed E-state index contributed by atoms with van der Waals surface area (Å²) in [4.78, 5) is 2.66. The second kappa shape index (κ2) is 6.41. The van der Waals surface area contributed by atoms with E-state index in [4.69, 9.17) is 0 Å². The van der Waals surface area contributed by atoms with Crippen molar-refractivity contribution in [3.05, 3.63) is 0 Å². The van der Waals surface area contributed by atoms with Gasteiger partial charge in [0.15, 0.2) is 0 Å². The van der Waals surface area contributed by atoms with Crippen LogP contribution in [0.5, 0.6) is 0 Å². The average Bonchev–Trinajstić information content (AvgIpc) is 2.63. The Balaban J connectivity index is 2.19. The molecule has 1 saturated heterocycles. The van der Waals surface area contributed by atoms with Gasteiger partial charge in [0.25, 0.3) is 0 Å². The first-order chi connectivity index (χ1) is 6.77. The van der Waals surface area contributed by atoms with Crippen LogP contribution in [0.4, 0.5) is 0 Å². The fourth-order valence-corrected chi connectivity index (χ4v) is 2.40. The molecule has 1 N–H and O–H groups in total. The Labute approximate surface area is 89.1 Å². The lowest BCUT2D eigenvalue weighted by molar-refractivity contribution is 0.234. The molecule has 14 heavy (non-hydrogen) atoms. The Kier molecular flexibility index (Phi) is 5.49. The lowest BCUT2D eigenvalue weighted by Gasteiger charge is -2.24. The molecule has 0 aromatic rings. The van der Waals surface area contributed by atoms with Gasteiger partial charge < -0.3 is 10.2 Å². The monoisotopic (exact) mass is 198 g/mol. The highest BCUT2D eigenvalue weighted by Gasteiger charge is 2.24. The molecule has 1 aliphatic rings. The predicted molar refractivity (Wildman–Crippen MR) is 62.6 cm³/mol. The van der Waals surface area contributed by atoms with E-state index < -0.39 is 0 Å². The minimum atomic E-state index is 0.803. The van der Waals surface area contributed by atoms with Gasteiger partial charge in [-0.25, -0.2) is 0 Å². The highest BCUT2D eigenvalue weighted by molar-refractivity contribution is 4.80. The van der Waals surface area contributed by atoms with Gasteiger partial charge in [-0.15, -0.1) is 0 Å². The lowest BCUT2D eigenvalue weighted by atomic mass is 10.1. The van der Waals surface area contributed by atoms with E-state index in [1.165, 1.54) is 45.3 Å². The van der Waals surface area contributed by atoms with E-state index in [9.17, 15) is 0 Å². The molecular formula is C12H26N2. The first-order valence-corrected chi connectivity index (χ1v) is 6.16. The van der Waals surface area contributed by atoms with E-state index >= 15 is 0 Å². The van der Waals surface area contributed by atoms with Gasteiger partial charge in [-0.3, -0.25) is 0 Å². The molecule has 0 amide bonds. The van der Waals surface area contributed by atoms with Gasteiger partial charge in [-0.1, -0.05) is 19.8 Å². The van der Waals surface area contributed by atoms with Crippen LogP contribution < -0.4 is 5.32 Å². The molecule has 1 rings (SSSR count). The molecule has 0 spiro atoms. The number of nitrogens with zero attached hydrogens (tertiary/aromatic N) is 1. The molecule has 1 aliphatic heterocycles. The van der Waals surface area contributed by atoms with Crippen LogP contribution in [0, 0.1) is 5.92 Å². The number of likely N-dealkylation sites (tertiary alicyclic amines) is 1. The van der Waals surface area contributed by atoms with E-state index in [1.807, 2.05) is 0 Å². The van der Waals surface area contributed by atoms with Crippen molar-refractivity contribution in [1.82, 2.24) is 10.2 Å². The number of hydrogen-bond donors (Lipinski definition) is 1. The fraction of sp³-hybridized carbons (Fsp3) is 1.00. The molecule has 2 unspecified atom stereocenters. The van der Waals surface area contributed by atoms with Crippen molar-refractivity contribution < 1.29 is 0 Å². The first kappa shape index (κ1) is 12.0. The average molecular weight is 198 g/mol. The van der Waals surface area contributed by atoms with Gasteiger partial charge in [-0.05, 0) is 45.8 Å². The molecule has 0 aromatic carbocycles.